The largest absolute Gasteiger partial charge is 0.324 e. The van der Waals surface area contributed by atoms with Gasteiger partial charge >= 0.3 is 0 Å². The molecule has 0 amide bonds. The quantitative estimate of drug-likeness (QED) is 0.837. The smallest absolute Gasteiger partial charge is 0.0298 e. The number of nitrogens with two attached hydrogens (primary N) is 1. The third-order valence-corrected chi connectivity index (χ3v) is 3.62. The van der Waals surface area contributed by atoms with Gasteiger partial charge in [-0.05, 0) is 35.4 Å². The van der Waals surface area contributed by atoms with Gasteiger partial charge in [-0.1, -0.05) is 68.4 Å². The molecule has 0 aliphatic rings. The van der Waals surface area contributed by atoms with Crippen molar-refractivity contribution in [2.75, 3.05) is 0 Å². The number of rotatable bonds is 5. The number of aryl methyl sites for hydroxylation is 1. The summed E-state index contributed by atoms with van der Waals surface area (Å²) in [6.07, 6.45) is 2.03. The fourth-order valence-electron chi connectivity index (χ4n) is 2.26. The molecule has 19 heavy (non-hydrogen) atoms. The summed E-state index contributed by atoms with van der Waals surface area (Å²) in [6, 6.07) is 19.4. The molecule has 2 N–H and O–H groups in total. The summed E-state index contributed by atoms with van der Waals surface area (Å²) in [4.78, 5) is 0. The van der Waals surface area contributed by atoms with E-state index in [0.717, 1.165) is 12.8 Å². The Balaban J connectivity index is 1.94. The molecule has 0 bridgehead atoms. The van der Waals surface area contributed by atoms with Gasteiger partial charge in [0.05, 0.1) is 0 Å². The first-order valence-electron chi connectivity index (χ1n) is 7.06. The molecule has 1 nitrogen and oxygen atoms in total. The van der Waals surface area contributed by atoms with Crippen LogP contribution >= 0.6 is 0 Å². The molecule has 0 aliphatic heterocycles. The van der Waals surface area contributed by atoms with Crippen LogP contribution in [-0.2, 0) is 6.42 Å². The average Bonchev–Trinajstić information content (AvgIpc) is 2.46. The van der Waals surface area contributed by atoms with Crippen LogP contribution in [0, 0.1) is 0 Å². The van der Waals surface area contributed by atoms with Gasteiger partial charge in [0.25, 0.3) is 0 Å². The topological polar surface area (TPSA) is 26.0 Å². The molecule has 2 rings (SSSR count). The van der Waals surface area contributed by atoms with Crippen molar-refractivity contribution in [3.63, 3.8) is 0 Å². The fourth-order valence-corrected chi connectivity index (χ4v) is 2.26. The Labute approximate surface area is 116 Å². The summed E-state index contributed by atoms with van der Waals surface area (Å²) < 4.78 is 0. The molecule has 100 valence electrons. The standard InChI is InChI=1S/C18H23N/c1-14(2)16-9-11-17(12-10-16)18(19)13-8-15-6-4-3-5-7-15/h3-7,9-12,14,18H,8,13,19H2,1-2H3. The second-order valence-corrected chi connectivity index (χ2v) is 5.45. The highest BCUT2D eigenvalue weighted by atomic mass is 14.6. The normalized spacial score (nSPS) is 12.6. The van der Waals surface area contributed by atoms with Crippen molar-refractivity contribution in [3.05, 3.63) is 71.3 Å². The van der Waals surface area contributed by atoms with E-state index in [9.17, 15) is 0 Å². The van der Waals surface area contributed by atoms with E-state index in [-0.39, 0.29) is 6.04 Å². The molecule has 1 heteroatoms. The molecule has 1 unspecified atom stereocenters. The molecule has 2 aromatic rings. The van der Waals surface area contributed by atoms with Crippen LogP contribution in [0.1, 0.15) is 48.9 Å². The van der Waals surface area contributed by atoms with Gasteiger partial charge in [-0.2, -0.15) is 0 Å². The lowest BCUT2D eigenvalue weighted by Crippen LogP contribution is -2.11. The monoisotopic (exact) mass is 253 g/mol. The minimum atomic E-state index is 0.126. The van der Waals surface area contributed by atoms with Gasteiger partial charge in [-0.3, -0.25) is 0 Å². The minimum absolute atomic E-state index is 0.126. The Hall–Kier alpha value is -1.60. The molecule has 0 spiro atoms. The summed E-state index contributed by atoms with van der Waals surface area (Å²) in [5, 5.41) is 0. The molecule has 0 saturated heterocycles. The van der Waals surface area contributed by atoms with E-state index in [1.54, 1.807) is 0 Å². The van der Waals surface area contributed by atoms with Crippen LogP contribution in [0.4, 0.5) is 0 Å². The lowest BCUT2D eigenvalue weighted by Gasteiger charge is -2.13. The van der Waals surface area contributed by atoms with Gasteiger partial charge in [-0.15, -0.1) is 0 Å². The maximum atomic E-state index is 6.27. The molecule has 0 aliphatic carbocycles. The zero-order valence-electron chi connectivity index (χ0n) is 11.8. The number of benzene rings is 2. The lowest BCUT2D eigenvalue weighted by molar-refractivity contribution is 0.651. The van der Waals surface area contributed by atoms with Crippen LogP contribution in [-0.4, -0.2) is 0 Å². The average molecular weight is 253 g/mol. The molecule has 0 saturated carbocycles. The number of hydrogen-bond acceptors (Lipinski definition) is 1. The van der Waals surface area contributed by atoms with Gasteiger partial charge < -0.3 is 5.73 Å². The highest BCUT2D eigenvalue weighted by Crippen LogP contribution is 2.20. The molecule has 0 fully saturated rings. The lowest BCUT2D eigenvalue weighted by atomic mass is 9.96. The second kappa shape index (κ2) is 6.53. The first kappa shape index (κ1) is 13.8. The zero-order valence-corrected chi connectivity index (χ0v) is 11.8. The minimum Gasteiger partial charge on any atom is -0.324 e. The maximum Gasteiger partial charge on any atom is 0.0298 e. The molecule has 0 heterocycles. The summed E-state index contributed by atoms with van der Waals surface area (Å²) in [5.41, 5.74) is 10.2. The predicted octanol–water partition coefficient (Wildman–Crippen LogP) is 4.44. The van der Waals surface area contributed by atoms with E-state index in [0.29, 0.717) is 5.92 Å². The van der Waals surface area contributed by atoms with Gasteiger partial charge in [0, 0.05) is 6.04 Å². The van der Waals surface area contributed by atoms with Crippen LogP contribution in [0.25, 0.3) is 0 Å². The van der Waals surface area contributed by atoms with Crippen molar-refractivity contribution in [1.82, 2.24) is 0 Å². The highest BCUT2D eigenvalue weighted by molar-refractivity contribution is 5.27. The van der Waals surface area contributed by atoms with E-state index >= 15 is 0 Å². The van der Waals surface area contributed by atoms with Crippen LogP contribution in [0.5, 0.6) is 0 Å². The van der Waals surface area contributed by atoms with E-state index in [4.69, 9.17) is 5.73 Å². The summed E-state index contributed by atoms with van der Waals surface area (Å²) >= 11 is 0. The Morgan fingerprint density at radius 3 is 2.00 bits per heavy atom. The maximum absolute atomic E-state index is 6.27. The van der Waals surface area contributed by atoms with E-state index in [1.165, 1.54) is 16.7 Å². The van der Waals surface area contributed by atoms with Gasteiger partial charge in [0.15, 0.2) is 0 Å². The summed E-state index contributed by atoms with van der Waals surface area (Å²) in [5.74, 6) is 0.578. The van der Waals surface area contributed by atoms with E-state index in [2.05, 4.69) is 62.4 Å². The molecule has 0 radical (unpaired) electrons. The Morgan fingerprint density at radius 1 is 0.842 bits per heavy atom. The molecular weight excluding hydrogens is 230 g/mol. The van der Waals surface area contributed by atoms with E-state index in [1.807, 2.05) is 6.07 Å². The third kappa shape index (κ3) is 3.93. The number of hydrogen-bond donors (Lipinski definition) is 1. The van der Waals surface area contributed by atoms with Crippen molar-refractivity contribution < 1.29 is 0 Å². The van der Waals surface area contributed by atoms with Crippen LogP contribution < -0.4 is 5.73 Å². The molecule has 1 atom stereocenters. The van der Waals surface area contributed by atoms with Crippen molar-refractivity contribution >= 4 is 0 Å². The van der Waals surface area contributed by atoms with Crippen LogP contribution in [0.15, 0.2) is 54.6 Å². The Morgan fingerprint density at radius 2 is 1.42 bits per heavy atom. The van der Waals surface area contributed by atoms with Gasteiger partial charge in [0.1, 0.15) is 0 Å². The summed E-state index contributed by atoms with van der Waals surface area (Å²) in [6.45, 7) is 4.43. The third-order valence-electron chi connectivity index (χ3n) is 3.62. The zero-order chi connectivity index (χ0) is 13.7. The van der Waals surface area contributed by atoms with Crippen molar-refractivity contribution in [2.24, 2.45) is 5.73 Å². The summed E-state index contributed by atoms with van der Waals surface area (Å²) in [7, 11) is 0. The Kier molecular flexibility index (Phi) is 4.75. The van der Waals surface area contributed by atoms with Crippen molar-refractivity contribution in [3.8, 4) is 0 Å². The molecule has 0 aromatic heterocycles. The predicted molar refractivity (Wildman–Crippen MR) is 82.2 cm³/mol. The SMILES string of the molecule is CC(C)c1ccc(C(N)CCc2ccccc2)cc1. The van der Waals surface area contributed by atoms with Crippen molar-refractivity contribution in [2.45, 2.75) is 38.6 Å². The van der Waals surface area contributed by atoms with Gasteiger partial charge in [-0.25, -0.2) is 0 Å². The van der Waals surface area contributed by atoms with Crippen molar-refractivity contribution in [1.29, 1.82) is 0 Å². The first-order valence-corrected chi connectivity index (χ1v) is 7.06. The second-order valence-electron chi connectivity index (χ2n) is 5.45. The van der Waals surface area contributed by atoms with E-state index < -0.39 is 0 Å². The van der Waals surface area contributed by atoms with Gasteiger partial charge in [0.2, 0.25) is 0 Å². The molecular formula is C18H23N. The Bertz CT molecular complexity index is 485. The first-order chi connectivity index (χ1) is 9.16. The fraction of sp³-hybridized carbons (Fsp3) is 0.333. The van der Waals surface area contributed by atoms with Crippen LogP contribution in [0.3, 0.4) is 0 Å². The molecule has 2 aromatic carbocycles. The van der Waals surface area contributed by atoms with Crippen LogP contribution in [0.2, 0.25) is 0 Å². The highest BCUT2D eigenvalue weighted by Gasteiger charge is 2.07.